The maximum absolute atomic E-state index is 12.4. The van der Waals surface area contributed by atoms with Gasteiger partial charge in [-0.2, -0.15) is 0 Å². The minimum absolute atomic E-state index is 0.155. The number of amides is 3. The Morgan fingerprint density at radius 2 is 2.10 bits per heavy atom. The van der Waals surface area contributed by atoms with Gasteiger partial charge in [-0.15, -0.1) is 0 Å². The van der Waals surface area contributed by atoms with Gasteiger partial charge < -0.3 is 10.6 Å². The molecule has 20 heavy (non-hydrogen) atoms. The number of nitrogens with two attached hydrogens (primary N) is 1. The molecule has 6 nitrogen and oxygen atoms in total. The van der Waals surface area contributed by atoms with Gasteiger partial charge in [0.15, 0.2) is 0 Å². The van der Waals surface area contributed by atoms with Crippen LogP contribution in [-0.4, -0.2) is 28.7 Å². The van der Waals surface area contributed by atoms with Gasteiger partial charge in [0.25, 0.3) is 5.91 Å². The van der Waals surface area contributed by atoms with Crippen molar-refractivity contribution in [2.45, 2.75) is 32.0 Å². The Labute approximate surface area is 115 Å². The van der Waals surface area contributed by atoms with Crippen LogP contribution in [-0.2, 0) is 22.7 Å². The van der Waals surface area contributed by atoms with Crippen molar-refractivity contribution in [3.63, 3.8) is 0 Å². The molecule has 0 aliphatic carbocycles. The molecule has 3 amide bonds. The fraction of sp³-hybridized carbons (Fsp3) is 0.357. The molecule has 2 aliphatic heterocycles. The number of benzene rings is 1. The van der Waals surface area contributed by atoms with Crippen molar-refractivity contribution in [2.24, 2.45) is 5.73 Å². The molecular weight excluding hydrogens is 259 g/mol. The topological polar surface area (TPSA) is 92.5 Å². The summed E-state index contributed by atoms with van der Waals surface area (Å²) in [5.41, 5.74) is 8.06. The van der Waals surface area contributed by atoms with Crippen LogP contribution in [0.2, 0.25) is 0 Å². The van der Waals surface area contributed by atoms with Crippen molar-refractivity contribution in [3.05, 3.63) is 34.9 Å². The average molecular weight is 274 g/mol. The Bertz CT molecular complexity index is 612. The molecular formula is C14H15N3O3. The minimum atomic E-state index is -0.561. The van der Waals surface area contributed by atoms with Crippen molar-refractivity contribution in [1.29, 1.82) is 0 Å². The molecule has 1 aromatic carbocycles. The fourth-order valence-corrected chi connectivity index (χ4v) is 2.75. The summed E-state index contributed by atoms with van der Waals surface area (Å²) < 4.78 is 0. The maximum atomic E-state index is 12.4. The highest BCUT2D eigenvalue weighted by atomic mass is 16.2. The third kappa shape index (κ3) is 1.98. The molecule has 2 heterocycles. The lowest BCUT2D eigenvalue weighted by Crippen LogP contribution is -2.52. The number of fused-ring (bicyclic) bond motifs is 1. The fourth-order valence-electron chi connectivity index (χ4n) is 2.75. The van der Waals surface area contributed by atoms with Crippen LogP contribution in [0.25, 0.3) is 0 Å². The Balaban J connectivity index is 1.86. The largest absolute Gasteiger partial charge is 0.326 e. The van der Waals surface area contributed by atoms with Crippen LogP contribution in [0.3, 0.4) is 0 Å². The normalized spacial score (nSPS) is 21.9. The predicted molar refractivity (Wildman–Crippen MR) is 70.4 cm³/mol. The Kier molecular flexibility index (Phi) is 3.02. The summed E-state index contributed by atoms with van der Waals surface area (Å²) in [7, 11) is 0. The molecule has 0 aromatic heterocycles. The molecule has 0 bridgehead atoms. The first kappa shape index (κ1) is 12.8. The number of rotatable bonds is 2. The van der Waals surface area contributed by atoms with Crippen molar-refractivity contribution < 1.29 is 14.4 Å². The first-order chi connectivity index (χ1) is 9.60. The number of hydrogen-bond donors (Lipinski definition) is 2. The summed E-state index contributed by atoms with van der Waals surface area (Å²) >= 11 is 0. The summed E-state index contributed by atoms with van der Waals surface area (Å²) in [5, 5.41) is 2.28. The van der Waals surface area contributed by atoms with Crippen molar-refractivity contribution in [1.82, 2.24) is 10.2 Å². The Morgan fingerprint density at radius 1 is 1.30 bits per heavy atom. The van der Waals surface area contributed by atoms with Crippen molar-refractivity contribution >= 4 is 17.7 Å². The van der Waals surface area contributed by atoms with E-state index in [1.807, 2.05) is 12.1 Å². The van der Waals surface area contributed by atoms with Crippen LogP contribution >= 0.6 is 0 Å². The van der Waals surface area contributed by atoms with Gasteiger partial charge in [0.2, 0.25) is 11.8 Å². The van der Waals surface area contributed by atoms with Crippen LogP contribution in [0.4, 0.5) is 0 Å². The van der Waals surface area contributed by atoms with Crippen LogP contribution in [0.1, 0.15) is 34.3 Å². The highest BCUT2D eigenvalue weighted by Gasteiger charge is 2.38. The molecule has 0 radical (unpaired) electrons. The number of imide groups is 1. The molecule has 1 aromatic rings. The Morgan fingerprint density at radius 3 is 2.80 bits per heavy atom. The predicted octanol–water partition coefficient (Wildman–Crippen LogP) is -0.0937. The van der Waals surface area contributed by atoms with E-state index in [1.165, 1.54) is 4.90 Å². The van der Waals surface area contributed by atoms with E-state index in [2.05, 4.69) is 5.32 Å². The summed E-state index contributed by atoms with van der Waals surface area (Å²) in [4.78, 5) is 36.9. The van der Waals surface area contributed by atoms with Crippen LogP contribution < -0.4 is 11.1 Å². The molecule has 1 unspecified atom stereocenters. The molecule has 6 heteroatoms. The standard InChI is InChI=1S/C14H15N3O3/c15-6-8-1-2-10-9(5-8)7-17(14(10)20)11-3-4-12(18)16-13(11)19/h1-2,5,11H,3-4,6-7,15H2,(H,16,18,19)/i17+1. The van der Waals surface area contributed by atoms with E-state index in [1.54, 1.807) is 6.07 Å². The number of carbonyl (C=O) groups excluding carboxylic acids is 3. The molecule has 3 N–H and O–H groups in total. The van der Waals surface area contributed by atoms with E-state index in [0.717, 1.165) is 11.1 Å². The lowest BCUT2D eigenvalue weighted by atomic mass is 10.1. The van der Waals surface area contributed by atoms with Gasteiger partial charge in [0.05, 0.1) is 0 Å². The second-order valence-electron chi connectivity index (χ2n) is 5.10. The van der Waals surface area contributed by atoms with E-state index in [9.17, 15) is 14.4 Å². The third-order valence-electron chi connectivity index (χ3n) is 3.82. The van der Waals surface area contributed by atoms with Gasteiger partial charge in [0, 0.05) is 25.1 Å². The zero-order valence-corrected chi connectivity index (χ0v) is 10.9. The van der Waals surface area contributed by atoms with Crippen molar-refractivity contribution in [3.8, 4) is 0 Å². The lowest BCUT2D eigenvalue weighted by molar-refractivity contribution is -0.136. The van der Waals surface area contributed by atoms with Crippen molar-refractivity contribution in [2.75, 3.05) is 0 Å². The van der Waals surface area contributed by atoms with Crippen LogP contribution in [0.15, 0.2) is 18.2 Å². The second-order valence-corrected chi connectivity index (χ2v) is 5.10. The third-order valence-corrected chi connectivity index (χ3v) is 3.82. The first-order valence-electron chi connectivity index (χ1n) is 6.56. The Hall–Kier alpha value is -2.21. The average Bonchev–Trinajstić information content (AvgIpc) is 2.75. The molecule has 2 aliphatic rings. The van der Waals surface area contributed by atoms with Gasteiger partial charge in [-0.05, 0) is 23.6 Å². The number of nitrogens with zero attached hydrogens (tertiary/aromatic N) is 1. The molecule has 3 rings (SSSR count). The minimum Gasteiger partial charge on any atom is -0.326 e. The number of hydrogen-bond acceptors (Lipinski definition) is 4. The summed E-state index contributed by atoms with van der Waals surface area (Å²) in [5.74, 6) is -0.819. The van der Waals surface area contributed by atoms with E-state index in [0.29, 0.717) is 25.1 Å². The summed E-state index contributed by atoms with van der Waals surface area (Å²) in [6.45, 7) is 0.814. The maximum Gasteiger partial charge on any atom is 0.255 e. The lowest BCUT2D eigenvalue weighted by Gasteiger charge is -2.29. The van der Waals surface area contributed by atoms with E-state index < -0.39 is 6.04 Å². The number of carbonyl (C=O) groups is 3. The van der Waals surface area contributed by atoms with Gasteiger partial charge in [-0.1, -0.05) is 12.1 Å². The molecule has 104 valence electrons. The highest BCUT2D eigenvalue weighted by Crippen LogP contribution is 2.28. The smallest absolute Gasteiger partial charge is 0.255 e. The van der Waals surface area contributed by atoms with Crippen LogP contribution in [0, 0.1) is 0 Å². The van der Waals surface area contributed by atoms with Gasteiger partial charge >= 0.3 is 0 Å². The van der Waals surface area contributed by atoms with E-state index in [-0.39, 0.29) is 24.1 Å². The SMILES string of the molecule is NCc1ccc2c(c1)C[15N](C1CCC(=O)NC1=O)C2=O. The zero-order chi connectivity index (χ0) is 14.3. The number of piperidine rings is 1. The van der Waals surface area contributed by atoms with Gasteiger partial charge in [0.1, 0.15) is 6.04 Å². The first-order valence-corrected chi connectivity index (χ1v) is 6.56. The van der Waals surface area contributed by atoms with Crippen LogP contribution in [0.5, 0.6) is 0 Å². The molecule has 0 spiro atoms. The van der Waals surface area contributed by atoms with E-state index in [4.69, 9.17) is 5.73 Å². The molecule has 1 saturated heterocycles. The molecule has 0 saturated carbocycles. The highest BCUT2D eigenvalue weighted by molar-refractivity contribution is 6.05. The molecule has 1 atom stereocenters. The summed E-state index contributed by atoms with van der Waals surface area (Å²) in [6.07, 6.45) is 0.652. The second kappa shape index (κ2) is 4.72. The zero-order valence-electron chi connectivity index (χ0n) is 10.9. The number of nitrogens with one attached hydrogen (secondary N) is 1. The summed E-state index contributed by atoms with van der Waals surface area (Å²) in [6, 6.07) is 4.92. The molecule has 1 fully saturated rings. The van der Waals surface area contributed by atoms with Gasteiger partial charge in [-0.3, -0.25) is 19.7 Å². The quantitative estimate of drug-likeness (QED) is 0.582. The van der Waals surface area contributed by atoms with Gasteiger partial charge in [-0.25, -0.2) is 0 Å². The monoisotopic (exact) mass is 274 g/mol. The van der Waals surface area contributed by atoms with E-state index >= 15 is 0 Å².